The Balaban J connectivity index is 1.38. The molecule has 1 spiro atoms. The predicted octanol–water partition coefficient (Wildman–Crippen LogP) is 5.95. The van der Waals surface area contributed by atoms with Gasteiger partial charge in [0.2, 0.25) is 0 Å². The number of ether oxygens (including phenoxy) is 3. The zero-order valence-electron chi connectivity index (χ0n) is 21.2. The summed E-state index contributed by atoms with van der Waals surface area (Å²) in [5.41, 5.74) is -1.62. The van der Waals surface area contributed by atoms with E-state index >= 15 is 0 Å². The Morgan fingerprint density at radius 1 is 0.895 bits per heavy atom. The fourth-order valence-electron chi connectivity index (χ4n) is 5.11. The molecule has 0 N–H and O–H groups in total. The first-order valence-corrected chi connectivity index (χ1v) is 12.5. The van der Waals surface area contributed by atoms with Crippen molar-refractivity contribution in [2.45, 2.75) is 43.3 Å². The van der Waals surface area contributed by atoms with E-state index in [9.17, 15) is 26.3 Å². The summed E-state index contributed by atoms with van der Waals surface area (Å²) >= 11 is 0. The summed E-state index contributed by atoms with van der Waals surface area (Å²) in [6.45, 7) is 4.47. The van der Waals surface area contributed by atoms with Crippen LogP contribution >= 0.6 is 0 Å². The molecular formula is C27H32F6N2O3. The van der Waals surface area contributed by atoms with Crippen molar-refractivity contribution in [2.75, 3.05) is 53.4 Å². The van der Waals surface area contributed by atoms with Gasteiger partial charge in [0.1, 0.15) is 19.6 Å². The molecular weight excluding hydrogens is 514 g/mol. The molecule has 2 aliphatic rings. The second-order valence-corrected chi connectivity index (χ2v) is 9.90. The number of methoxy groups -OCH3 is 1. The van der Waals surface area contributed by atoms with Crippen molar-refractivity contribution >= 4 is 0 Å². The number of hydrogen-bond acceptors (Lipinski definition) is 5. The van der Waals surface area contributed by atoms with Crippen LogP contribution in [-0.2, 0) is 26.6 Å². The minimum Gasteiger partial charge on any atom is -0.369 e. The number of benzene rings is 2. The number of nitrogens with zero attached hydrogens (tertiary/aromatic N) is 2. The summed E-state index contributed by atoms with van der Waals surface area (Å²) in [6, 6.07) is 9.09. The average molecular weight is 547 g/mol. The van der Waals surface area contributed by atoms with E-state index in [1.54, 1.807) is 7.11 Å². The van der Waals surface area contributed by atoms with Crippen molar-refractivity contribution in [1.29, 1.82) is 0 Å². The van der Waals surface area contributed by atoms with Crippen LogP contribution in [0.25, 0.3) is 0 Å². The lowest BCUT2D eigenvalue weighted by Gasteiger charge is -2.38. The second-order valence-electron chi connectivity index (χ2n) is 9.90. The topological polar surface area (TPSA) is 34.2 Å². The highest BCUT2D eigenvalue weighted by Gasteiger charge is 2.41. The van der Waals surface area contributed by atoms with Crippen LogP contribution in [0.15, 0.2) is 48.5 Å². The molecule has 2 fully saturated rings. The fraction of sp³-hybridized carbons (Fsp3) is 0.556. The van der Waals surface area contributed by atoms with Crippen LogP contribution in [-0.4, -0.2) is 68.8 Å². The molecule has 2 saturated heterocycles. The summed E-state index contributed by atoms with van der Waals surface area (Å²) in [5.74, 6) is 0. The van der Waals surface area contributed by atoms with E-state index in [1.165, 1.54) is 24.3 Å². The van der Waals surface area contributed by atoms with E-state index in [0.29, 0.717) is 26.4 Å². The van der Waals surface area contributed by atoms with Crippen LogP contribution < -0.4 is 0 Å². The van der Waals surface area contributed by atoms with Crippen LogP contribution in [0.5, 0.6) is 0 Å². The van der Waals surface area contributed by atoms with Gasteiger partial charge in [-0.05, 0) is 54.7 Å². The second kappa shape index (κ2) is 11.9. The molecule has 2 aromatic carbocycles. The Hall–Kier alpha value is -2.18. The maximum atomic E-state index is 13.3. The molecule has 0 bridgehead atoms. The van der Waals surface area contributed by atoms with Gasteiger partial charge in [-0.1, -0.05) is 24.3 Å². The highest BCUT2D eigenvalue weighted by Crippen LogP contribution is 2.36. The van der Waals surface area contributed by atoms with Crippen molar-refractivity contribution in [2.24, 2.45) is 0 Å². The van der Waals surface area contributed by atoms with Crippen LogP contribution in [0.1, 0.15) is 47.6 Å². The zero-order valence-corrected chi connectivity index (χ0v) is 21.2. The largest absolute Gasteiger partial charge is 0.416 e. The van der Waals surface area contributed by atoms with E-state index in [0.717, 1.165) is 56.7 Å². The monoisotopic (exact) mass is 546 g/mol. The zero-order chi connectivity index (χ0) is 27.4. The molecule has 2 aromatic rings. The maximum Gasteiger partial charge on any atom is 0.416 e. The first-order valence-electron chi connectivity index (χ1n) is 12.5. The van der Waals surface area contributed by atoms with E-state index in [4.69, 9.17) is 14.2 Å². The highest BCUT2D eigenvalue weighted by molar-refractivity contribution is 5.36. The minimum absolute atomic E-state index is 0.151. The molecule has 38 heavy (non-hydrogen) atoms. The molecule has 0 aliphatic carbocycles. The number of piperidine rings is 1. The van der Waals surface area contributed by atoms with Crippen LogP contribution in [0.4, 0.5) is 26.3 Å². The van der Waals surface area contributed by atoms with Gasteiger partial charge in [0, 0.05) is 39.9 Å². The Morgan fingerprint density at radius 2 is 1.47 bits per heavy atom. The number of hydrogen-bond donors (Lipinski definition) is 0. The maximum absolute atomic E-state index is 13.3. The van der Waals surface area contributed by atoms with Gasteiger partial charge in [-0.25, -0.2) is 0 Å². The molecule has 2 heterocycles. The number of rotatable bonds is 9. The summed E-state index contributed by atoms with van der Waals surface area (Å²) in [5, 5.41) is 0. The van der Waals surface area contributed by atoms with Gasteiger partial charge in [-0.3, -0.25) is 4.90 Å². The molecule has 0 atom stereocenters. The smallest absolute Gasteiger partial charge is 0.369 e. The van der Waals surface area contributed by atoms with E-state index in [1.807, 2.05) is 0 Å². The van der Waals surface area contributed by atoms with E-state index < -0.39 is 29.6 Å². The minimum atomic E-state index is -4.58. The number of halogens is 6. The third-order valence-corrected chi connectivity index (χ3v) is 7.08. The normalized spacial score (nSPS) is 19.1. The molecule has 4 rings (SSSR count). The van der Waals surface area contributed by atoms with Crippen LogP contribution in [0.2, 0.25) is 0 Å². The Bertz CT molecular complexity index is 996. The van der Waals surface area contributed by atoms with Gasteiger partial charge in [0.25, 0.3) is 0 Å². The van der Waals surface area contributed by atoms with Crippen molar-refractivity contribution in [1.82, 2.24) is 9.80 Å². The molecule has 0 amide bonds. The predicted molar refractivity (Wildman–Crippen MR) is 128 cm³/mol. The molecule has 11 heteroatoms. The summed E-state index contributed by atoms with van der Waals surface area (Å²) in [4.78, 5) is 4.39. The molecule has 0 aromatic heterocycles. The first-order chi connectivity index (χ1) is 18.0. The van der Waals surface area contributed by atoms with Gasteiger partial charge >= 0.3 is 12.4 Å². The molecule has 210 valence electrons. The number of alkyl halides is 6. The lowest BCUT2D eigenvalue weighted by atomic mass is 9.91. The van der Waals surface area contributed by atoms with Gasteiger partial charge < -0.3 is 19.1 Å². The van der Waals surface area contributed by atoms with Gasteiger partial charge in [0.05, 0.1) is 16.7 Å². The first kappa shape index (κ1) is 28.8. The van der Waals surface area contributed by atoms with Crippen LogP contribution in [0.3, 0.4) is 0 Å². The summed E-state index contributed by atoms with van der Waals surface area (Å²) in [6.07, 6.45) is -7.88. The molecule has 0 radical (unpaired) electrons. The van der Waals surface area contributed by atoms with E-state index in [-0.39, 0.29) is 23.3 Å². The van der Waals surface area contributed by atoms with E-state index in [2.05, 4.69) is 9.80 Å². The van der Waals surface area contributed by atoms with Gasteiger partial charge in [-0.2, -0.15) is 26.3 Å². The highest BCUT2D eigenvalue weighted by atomic mass is 19.4. The van der Waals surface area contributed by atoms with Crippen molar-refractivity contribution in [3.05, 3.63) is 70.8 Å². The molecule has 5 nitrogen and oxygen atoms in total. The Kier molecular flexibility index (Phi) is 9.03. The molecule has 0 saturated carbocycles. The number of likely N-dealkylation sites (tertiary alicyclic amines) is 1. The Labute approximate surface area is 218 Å². The standard InChI is InChI=1S/C27H32F6N2O3/c1-36-18-35-17-25(38-19-35)9-12-34(13-10-25)11-4-14-37-24(20-5-2-7-22(15-20)26(28,29)30)21-6-3-8-23(16-21)27(31,32)33/h2-3,5-8,15-16,24H,4,9-14,17-19H2,1H3. The quantitative estimate of drug-likeness (QED) is 0.287. The third kappa shape index (κ3) is 7.26. The summed E-state index contributed by atoms with van der Waals surface area (Å²) < 4.78 is 97.1. The SMILES string of the molecule is COCN1COC2(CCN(CCCOC(c3cccc(C(F)(F)F)c3)c3cccc(C(F)(F)F)c3)CC2)C1. The lowest BCUT2D eigenvalue weighted by molar-refractivity contribution is -0.138. The lowest BCUT2D eigenvalue weighted by Crippen LogP contribution is -2.47. The Morgan fingerprint density at radius 3 is 2.00 bits per heavy atom. The molecule has 0 unspecified atom stereocenters. The van der Waals surface area contributed by atoms with Gasteiger partial charge in [-0.15, -0.1) is 0 Å². The molecule has 2 aliphatic heterocycles. The van der Waals surface area contributed by atoms with Gasteiger partial charge in [0.15, 0.2) is 0 Å². The van der Waals surface area contributed by atoms with Crippen molar-refractivity contribution in [3.8, 4) is 0 Å². The van der Waals surface area contributed by atoms with Crippen LogP contribution in [0, 0.1) is 0 Å². The van der Waals surface area contributed by atoms with Crippen molar-refractivity contribution < 1.29 is 40.6 Å². The third-order valence-electron chi connectivity index (χ3n) is 7.08. The average Bonchev–Trinajstić information content (AvgIpc) is 3.26. The fourth-order valence-corrected chi connectivity index (χ4v) is 5.11. The summed E-state index contributed by atoms with van der Waals surface area (Å²) in [7, 11) is 1.65. The van der Waals surface area contributed by atoms with Crippen molar-refractivity contribution in [3.63, 3.8) is 0 Å².